The minimum atomic E-state index is -0.228. The van der Waals surface area contributed by atoms with E-state index in [0.717, 1.165) is 5.56 Å². The Morgan fingerprint density at radius 3 is 2.74 bits per heavy atom. The number of carbonyl (C=O) groups is 1. The number of aliphatic hydroxyl groups excluding tert-OH is 1. The summed E-state index contributed by atoms with van der Waals surface area (Å²) in [6.07, 6.45) is 0.667. The number of amides is 1. The molecule has 4 N–H and O–H groups in total. The molecule has 0 aliphatic heterocycles. The molecule has 1 atom stereocenters. The second-order valence-corrected chi connectivity index (χ2v) is 5.75. The summed E-state index contributed by atoms with van der Waals surface area (Å²) in [7, 11) is 0. The summed E-state index contributed by atoms with van der Waals surface area (Å²) in [6, 6.07) is 7.38. The quantitative estimate of drug-likeness (QED) is 0.687. The summed E-state index contributed by atoms with van der Waals surface area (Å²) in [5.41, 5.74) is 7.20. The maximum Gasteiger partial charge on any atom is 0.227 e. The zero-order valence-corrected chi connectivity index (χ0v) is 11.9. The molecule has 0 bridgehead atoms. The Morgan fingerprint density at radius 2 is 2.16 bits per heavy atom. The van der Waals surface area contributed by atoms with Gasteiger partial charge in [0.15, 0.2) is 0 Å². The number of benzene rings is 1. The number of nitrogen functional groups attached to an aromatic ring is 1. The van der Waals surface area contributed by atoms with Crippen LogP contribution in [0, 0.1) is 5.41 Å². The zero-order valence-electron chi connectivity index (χ0n) is 11.9. The number of anilines is 1. The second-order valence-electron chi connectivity index (χ2n) is 5.75. The fraction of sp³-hybridized carbons (Fsp3) is 0.533. The minimum Gasteiger partial charge on any atom is -0.399 e. The molecule has 0 radical (unpaired) electrons. The Kier molecular flexibility index (Phi) is 5.36. The third-order valence-corrected chi connectivity index (χ3v) is 3.33. The monoisotopic (exact) mass is 264 g/mol. The van der Waals surface area contributed by atoms with Gasteiger partial charge in [0.25, 0.3) is 0 Å². The Morgan fingerprint density at radius 1 is 1.47 bits per heavy atom. The number of hydrogen-bond acceptors (Lipinski definition) is 3. The zero-order chi connectivity index (χ0) is 14.5. The lowest BCUT2D eigenvalue weighted by atomic mass is 9.89. The molecule has 4 nitrogen and oxygen atoms in total. The van der Waals surface area contributed by atoms with Crippen LogP contribution in [0.4, 0.5) is 5.69 Å². The van der Waals surface area contributed by atoms with E-state index in [0.29, 0.717) is 18.7 Å². The fourth-order valence-electron chi connectivity index (χ4n) is 1.85. The first-order valence-electron chi connectivity index (χ1n) is 6.60. The van der Waals surface area contributed by atoms with Gasteiger partial charge in [0.05, 0.1) is 5.92 Å². The molecule has 1 amide bonds. The SMILES string of the molecule is CC(C(=O)NCC(C)(C)CCO)c1cccc(N)c1. The standard InChI is InChI=1S/C15H24N2O2/c1-11(12-5-4-6-13(16)9-12)14(19)17-10-15(2,3)7-8-18/h4-6,9,11,18H,7-8,10,16H2,1-3H3,(H,17,19). The number of hydrogen-bond donors (Lipinski definition) is 3. The van der Waals surface area contributed by atoms with Crippen molar-refractivity contribution in [2.45, 2.75) is 33.1 Å². The smallest absolute Gasteiger partial charge is 0.227 e. The average molecular weight is 264 g/mol. The largest absolute Gasteiger partial charge is 0.399 e. The predicted octanol–water partition coefficient (Wildman–Crippen LogP) is 1.90. The van der Waals surface area contributed by atoms with Crippen LogP contribution in [-0.4, -0.2) is 24.2 Å². The fourth-order valence-corrected chi connectivity index (χ4v) is 1.85. The van der Waals surface area contributed by atoms with Crippen molar-refractivity contribution in [2.24, 2.45) is 5.41 Å². The van der Waals surface area contributed by atoms with Gasteiger partial charge in [-0.3, -0.25) is 4.79 Å². The highest BCUT2D eigenvalue weighted by Gasteiger charge is 2.21. The third-order valence-electron chi connectivity index (χ3n) is 3.33. The molecule has 0 aromatic heterocycles. The molecule has 1 aromatic rings. The lowest BCUT2D eigenvalue weighted by Gasteiger charge is -2.25. The van der Waals surface area contributed by atoms with Gasteiger partial charge in [-0.25, -0.2) is 0 Å². The van der Waals surface area contributed by atoms with Crippen molar-refractivity contribution in [1.82, 2.24) is 5.32 Å². The predicted molar refractivity (Wildman–Crippen MR) is 77.8 cm³/mol. The molecule has 0 aliphatic rings. The maximum absolute atomic E-state index is 12.1. The van der Waals surface area contributed by atoms with E-state index in [1.54, 1.807) is 6.07 Å². The summed E-state index contributed by atoms with van der Waals surface area (Å²) in [5, 5.41) is 11.9. The van der Waals surface area contributed by atoms with Crippen molar-refractivity contribution in [3.8, 4) is 0 Å². The van der Waals surface area contributed by atoms with E-state index in [4.69, 9.17) is 10.8 Å². The normalized spacial score (nSPS) is 13.1. The molecule has 0 aliphatic carbocycles. The van der Waals surface area contributed by atoms with Crippen molar-refractivity contribution in [1.29, 1.82) is 0 Å². The number of nitrogens with two attached hydrogens (primary N) is 1. The van der Waals surface area contributed by atoms with Gasteiger partial charge in [0.2, 0.25) is 5.91 Å². The van der Waals surface area contributed by atoms with Gasteiger partial charge < -0.3 is 16.2 Å². The van der Waals surface area contributed by atoms with Crippen LogP contribution in [-0.2, 0) is 4.79 Å². The Labute approximate surface area is 115 Å². The summed E-state index contributed by atoms with van der Waals surface area (Å²) in [5.74, 6) is -0.245. The van der Waals surface area contributed by atoms with Crippen molar-refractivity contribution < 1.29 is 9.90 Å². The molecular weight excluding hydrogens is 240 g/mol. The van der Waals surface area contributed by atoms with Gasteiger partial charge in [-0.2, -0.15) is 0 Å². The third kappa shape index (κ3) is 4.91. The first kappa shape index (κ1) is 15.5. The van der Waals surface area contributed by atoms with E-state index in [-0.39, 0.29) is 23.8 Å². The van der Waals surface area contributed by atoms with Crippen LogP contribution in [0.1, 0.15) is 38.7 Å². The number of carbonyl (C=O) groups excluding carboxylic acids is 1. The van der Waals surface area contributed by atoms with E-state index in [2.05, 4.69) is 5.32 Å². The minimum absolute atomic E-state index is 0.0170. The molecule has 1 aromatic carbocycles. The van der Waals surface area contributed by atoms with Crippen LogP contribution >= 0.6 is 0 Å². The van der Waals surface area contributed by atoms with Crippen LogP contribution in [0.15, 0.2) is 24.3 Å². The molecule has 4 heteroatoms. The molecule has 0 saturated heterocycles. The Hall–Kier alpha value is -1.55. The van der Waals surface area contributed by atoms with Gasteiger partial charge in [-0.15, -0.1) is 0 Å². The lowest BCUT2D eigenvalue weighted by Crippen LogP contribution is -2.36. The number of rotatable bonds is 6. The molecule has 0 heterocycles. The molecule has 19 heavy (non-hydrogen) atoms. The van der Waals surface area contributed by atoms with E-state index < -0.39 is 0 Å². The van der Waals surface area contributed by atoms with Gasteiger partial charge in [-0.1, -0.05) is 26.0 Å². The van der Waals surface area contributed by atoms with Gasteiger partial charge in [0, 0.05) is 18.8 Å². The van der Waals surface area contributed by atoms with E-state index in [1.807, 2.05) is 39.0 Å². The van der Waals surface area contributed by atoms with Gasteiger partial charge >= 0.3 is 0 Å². The summed E-state index contributed by atoms with van der Waals surface area (Å²) in [6.45, 7) is 6.60. The molecule has 1 unspecified atom stereocenters. The van der Waals surface area contributed by atoms with Crippen molar-refractivity contribution in [3.05, 3.63) is 29.8 Å². The Bertz CT molecular complexity index is 430. The van der Waals surface area contributed by atoms with Crippen molar-refractivity contribution in [2.75, 3.05) is 18.9 Å². The van der Waals surface area contributed by atoms with Crippen LogP contribution in [0.3, 0.4) is 0 Å². The lowest BCUT2D eigenvalue weighted by molar-refractivity contribution is -0.122. The van der Waals surface area contributed by atoms with Crippen LogP contribution in [0.25, 0.3) is 0 Å². The number of aliphatic hydroxyl groups is 1. The summed E-state index contributed by atoms with van der Waals surface area (Å²) < 4.78 is 0. The van der Waals surface area contributed by atoms with E-state index >= 15 is 0 Å². The van der Waals surface area contributed by atoms with Crippen LogP contribution < -0.4 is 11.1 Å². The van der Waals surface area contributed by atoms with Crippen LogP contribution in [0.5, 0.6) is 0 Å². The topological polar surface area (TPSA) is 75.3 Å². The van der Waals surface area contributed by atoms with E-state index in [9.17, 15) is 4.79 Å². The summed E-state index contributed by atoms with van der Waals surface area (Å²) in [4.78, 5) is 12.1. The first-order chi connectivity index (χ1) is 8.85. The average Bonchev–Trinajstić information content (AvgIpc) is 2.35. The molecule has 0 spiro atoms. The van der Waals surface area contributed by atoms with Crippen LogP contribution in [0.2, 0.25) is 0 Å². The number of nitrogens with one attached hydrogen (secondary N) is 1. The maximum atomic E-state index is 12.1. The first-order valence-corrected chi connectivity index (χ1v) is 6.60. The molecular formula is C15H24N2O2. The molecule has 0 saturated carbocycles. The van der Waals surface area contributed by atoms with Gasteiger partial charge in [-0.05, 0) is 36.5 Å². The highest BCUT2D eigenvalue weighted by Crippen LogP contribution is 2.20. The highest BCUT2D eigenvalue weighted by molar-refractivity contribution is 5.83. The highest BCUT2D eigenvalue weighted by atomic mass is 16.3. The molecule has 106 valence electrons. The van der Waals surface area contributed by atoms with Crippen molar-refractivity contribution in [3.63, 3.8) is 0 Å². The Balaban J connectivity index is 2.59. The summed E-state index contributed by atoms with van der Waals surface area (Å²) >= 11 is 0. The molecule has 0 fully saturated rings. The van der Waals surface area contributed by atoms with Crippen molar-refractivity contribution >= 4 is 11.6 Å². The van der Waals surface area contributed by atoms with E-state index in [1.165, 1.54) is 0 Å². The second kappa shape index (κ2) is 6.57. The van der Waals surface area contributed by atoms with Gasteiger partial charge in [0.1, 0.15) is 0 Å². The molecule has 1 rings (SSSR count).